The Balaban J connectivity index is 0. The molecule has 23 heavy (non-hydrogen) atoms. The fourth-order valence-corrected chi connectivity index (χ4v) is 1.13. The van der Waals surface area contributed by atoms with E-state index in [0.717, 1.165) is 31.8 Å². The number of aliphatic carboxylic acids is 1. The molecule has 6 heteroatoms. The molecule has 0 aliphatic heterocycles. The van der Waals surface area contributed by atoms with Gasteiger partial charge in [-0.15, -0.1) is 0 Å². The molecular weight excluding hydrogens is 300 g/mol. The monoisotopic (exact) mass is 326 g/mol. The lowest BCUT2D eigenvalue weighted by Gasteiger charge is -2.05. The second kappa shape index (κ2) is 14.6. The van der Waals surface area contributed by atoms with Crippen LogP contribution in [0.5, 0.6) is 0 Å². The Labute approximate surface area is 137 Å². The van der Waals surface area contributed by atoms with Crippen LogP contribution in [-0.4, -0.2) is 36.2 Å². The average Bonchev–Trinajstić information content (AvgIpc) is 2.49. The largest absolute Gasteiger partial charge is 0.478 e. The molecule has 0 spiro atoms. The fourth-order valence-electron chi connectivity index (χ4n) is 1.13. The standard InChI is InChI=1S/C14H22O4.C3H4O2/c1-11(2)13(15)17-9-7-5-6-8-10-18-14(16)12(3)4;1-2-3(4)5/h1,3,5-10H2,2,4H3;2H,1H2,(H,4,5). The Kier molecular flexibility index (Phi) is 14.5. The van der Waals surface area contributed by atoms with Crippen molar-refractivity contribution in [3.63, 3.8) is 0 Å². The van der Waals surface area contributed by atoms with Crippen LogP contribution in [0.2, 0.25) is 0 Å². The molecule has 0 aromatic carbocycles. The predicted molar refractivity (Wildman–Crippen MR) is 87.8 cm³/mol. The van der Waals surface area contributed by atoms with E-state index in [0.29, 0.717) is 24.4 Å². The van der Waals surface area contributed by atoms with Gasteiger partial charge in [0.25, 0.3) is 0 Å². The van der Waals surface area contributed by atoms with Crippen LogP contribution in [0.15, 0.2) is 37.0 Å². The number of rotatable bonds is 10. The highest BCUT2D eigenvalue weighted by Crippen LogP contribution is 2.03. The van der Waals surface area contributed by atoms with Gasteiger partial charge in [0.1, 0.15) is 0 Å². The summed E-state index contributed by atoms with van der Waals surface area (Å²) in [5.41, 5.74) is 0.836. The summed E-state index contributed by atoms with van der Waals surface area (Å²) in [4.78, 5) is 31.3. The molecule has 0 saturated carbocycles. The van der Waals surface area contributed by atoms with E-state index in [-0.39, 0.29) is 11.9 Å². The summed E-state index contributed by atoms with van der Waals surface area (Å²) in [6, 6.07) is 0. The molecule has 1 N–H and O–H groups in total. The Bertz CT molecular complexity index is 404. The molecular formula is C17H26O6. The van der Waals surface area contributed by atoms with Crippen molar-refractivity contribution >= 4 is 17.9 Å². The number of carboxylic acids is 1. The maximum Gasteiger partial charge on any atom is 0.333 e. The molecule has 0 aliphatic carbocycles. The third kappa shape index (κ3) is 17.6. The maximum absolute atomic E-state index is 11.0. The molecule has 0 saturated heterocycles. The Morgan fingerprint density at radius 3 is 1.39 bits per heavy atom. The zero-order valence-corrected chi connectivity index (χ0v) is 13.9. The first-order chi connectivity index (χ1) is 10.7. The van der Waals surface area contributed by atoms with Crippen molar-refractivity contribution in [1.82, 2.24) is 0 Å². The van der Waals surface area contributed by atoms with Gasteiger partial charge in [0.05, 0.1) is 13.2 Å². The number of carboxylic acid groups (broad SMARTS) is 1. The highest BCUT2D eigenvalue weighted by atomic mass is 16.5. The van der Waals surface area contributed by atoms with Gasteiger partial charge in [-0.05, 0) is 39.5 Å². The summed E-state index contributed by atoms with van der Waals surface area (Å²) in [6.07, 6.45) is 4.34. The summed E-state index contributed by atoms with van der Waals surface area (Å²) in [7, 11) is 0. The van der Waals surface area contributed by atoms with Gasteiger partial charge in [0.15, 0.2) is 0 Å². The van der Waals surface area contributed by atoms with Gasteiger partial charge in [-0.1, -0.05) is 19.7 Å². The summed E-state index contributed by atoms with van der Waals surface area (Å²) in [5, 5.41) is 7.60. The number of ether oxygens (including phenoxy) is 2. The minimum Gasteiger partial charge on any atom is -0.478 e. The Morgan fingerprint density at radius 2 is 1.17 bits per heavy atom. The number of hydrogen-bond acceptors (Lipinski definition) is 5. The van der Waals surface area contributed by atoms with E-state index in [1.54, 1.807) is 13.8 Å². The van der Waals surface area contributed by atoms with Crippen molar-refractivity contribution in [2.24, 2.45) is 0 Å². The summed E-state index contributed by atoms with van der Waals surface area (Å²) < 4.78 is 9.89. The molecule has 0 aliphatic rings. The first-order valence-electron chi connectivity index (χ1n) is 7.23. The zero-order valence-electron chi connectivity index (χ0n) is 13.9. The average molecular weight is 326 g/mol. The van der Waals surface area contributed by atoms with Crippen molar-refractivity contribution in [2.75, 3.05) is 13.2 Å². The number of unbranched alkanes of at least 4 members (excludes halogenated alkanes) is 3. The molecule has 0 rings (SSSR count). The minimum absolute atomic E-state index is 0.342. The maximum atomic E-state index is 11.0. The molecule has 0 atom stereocenters. The van der Waals surface area contributed by atoms with Crippen molar-refractivity contribution in [3.8, 4) is 0 Å². The van der Waals surface area contributed by atoms with Gasteiger partial charge < -0.3 is 14.6 Å². The van der Waals surface area contributed by atoms with E-state index in [2.05, 4.69) is 19.7 Å². The molecule has 0 heterocycles. The van der Waals surface area contributed by atoms with Crippen LogP contribution < -0.4 is 0 Å². The van der Waals surface area contributed by atoms with Crippen molar-refractivity contribution in [1.29, 1.82) is 0 Å². The van der Waals surface area contributed by atoms with Crippen molar-refractivity contribution in [3.05, 3.63) is 37.0 Å². The van der Waals surface area contributed by atoms with E-state index in [4.69, 9.17) is 14.6 Å². The molecule has 0 fully saturated rings. The van der Waals surface area contributed by atoms with Crippen molar-refractivity contribution < 1.29 is 29.0 Å². The van der Waals surface area contributed by atoms with E-state index in [1.807, 2.05) is 0 Å². The first kappa shape index (κ1) is 22.9. The summed E-state index contributed by atoms with van der Waals surface area (Å²) in [6.45, 7) is 14.0. The number of carbonyl (C=O) groups is 3. The van der Waals surface area contributed by atoms with Gasteiger partial charge in [-0.2, -0.15) is 0 Å². The number of carbonyl (C=O) groups excluding carboxylic acids is 2. The van der Waals surface area contributed by atoms with Crippen LogP contribution >= 0.6 is 0 Å². The second-order valence-corrected chi connectivity index (χ2v) is 4.79. The SMILES string of the molecule is C=C(C)C(=O)OCCCCCCOC(=O)C(=C)C.C=CC(=O)O. The van der Waals surface area contributed by atoms with Gasteiger partial charge in [0, 0.05) is 17.2 Å². The summed E-state index contributed by atoms with van der Waals surface area (Å²) >= 11 is 0. The summed E-state index contributed by atoms with van der Waals surface area (Å²) in [5.74, 6) is -1.67. The van der Waals surface area contributed by atoms with Gasteiger partial charge in [0.2, 0.25) is 0 Å². The molecule has 0 bridgehead atoms. The highest BCUT2D eigenvalue weighted by Gasteiger charge is 2.03. The van der Waals surface area contributed by atoms with Crippen LogP contribution in [-0.2, 0) is 23.9 Å². The van der Waals surface area contributed by atoms with Gasteiger partial charge >= 0.3 is 17.9 Å². The van der Waals surface area contributed by atoms with Crippen LogP contribution in [0.3, 0.4) is 0 Å². The quantitative estimate of drug-likeness (QED) is 0.377. The minimum atomic E-state index is -0.981. The Morgan fingerprint density at radius 1 is 0.870 bits per heavy atom. The molecule has 0 radical (unpaired) electrons. The predicted octanol–water partition coefficient (Wildman–Crippen LogP) is 3.04. The third-order valence-electron chi connectivity index (χ3n) is 2.38. The van der Waals surface area contributed by atoms with Crippen LogP contribution in [0.1, 0.15) is 39.5 Å². The lowest BCUT2D eigenvalue weighted by molar-refractivity contribution is -0.140. The number of hydrogen-bond donors (Lipinski definition) is 1. The van der Waals surface area contributed by atoms with E-state index >= 15 is 0 Å². The zero-order chi connectivity index (χ0) is 18.3. The van der Waals surface area contributed by atoms with E-state index in [1.165, 1.54) is 0 Å². The fraction of sp³-hybridized carbons (Fsp3) is 0.471. The van der Waals surface area contributed by atoms with E-state index < -0.39 is 5.97 Å². The third-order valence-corrected chi connectivity index (χ3v) is 2.38. The molecule has 0 aromatic rings. The lowest BCUT2D eigenvalue weighted by atomic mass is 10.2. The second-order valence-electron chi connectivity index (χ2n) is 4.79. The Hall–Kier alpha value is -2.37. The van der Waals surface area contributed by atoms with Gasteiger partial charge in [-0.25, -0.2) is 14.4 Å². The first-order valence-corrected chi connectivity index (χ1v) is 7.23. The topological polar surface area (TPSA) is 89.9 Å². The molecule has 0 unspecified atom stereocenters. The van der Waals surface area contributed by atoms with Crippen LogP contribution in [0.25, 0.3) is 0 Å². The molecule has 6 nitrogen and oxygen atoms in total. The normalized spacial score (nSPS) is 8.96. The lowest BCUT2D eigenvalue weighted by Crippen LogP contribution is -2.07. The van der Waals surface area contributed by atoms with E-state index in [9.17, 15) is 14.4 Å². The molecule has 130 valence electrons. The highest BCUT2D eigenvalue weighted by molar-refractivity contribution is 5.87. The van der Waals surface area contributed by atoms with Gasteiger partial charge in [-0.3, -0.25) is 0 Å². The van der Waals surface area contributed by atoms with Crippen molar-refractivity contribution in [2.45, 2.75) is 39.5 Å². The molecule has 0 amide bonds. The smallest absolute Gasteiger partial charge is 0.333 e. The van der Waals surface area contributed by atoms with Crippen LogP contribution in [0, 0.1) is 0 Å². The number of esters is 2. The van der Waals surface area contributed by atoms with Crippen LogP contribution in [0.4, 0.5) is 0 Å². The molecule has 0 aromatic heterocycles.